The molecule has 1 rings (SSSR count). The second kappa shape index (κ2) is 4.80. The third-order valence-corrected chi connectivity index (χ3v) is 2.23. The van der Waals surface area contributed by atoms with Crippen molar-refractivity contribution in [3.63, 3.8) is 0 Å². The molecule has 0 saturated heterocycles. The second-order valence-electron chi connectivity index (χ2n) is 3.47. The van der Waals surface area contributed by atoms with E-state index in [4.69, 9.17) is 5.11 Å². The van der Waals surface area contributed by atoms with Crippen LogP contribution >= 0.6 is 0 Å². The van der Waals surface area contributed by atoms with Gasteiger partial charge in [-0.05, 0) is 18.7 Å². The lowest BCUT2D eigenvalue weighted by Crippen LogP contribution is -2.20. The van der Waals surface area contributed by atoms with Crippen LogP contribution in [0.25, 0.3) is 0 Å². The number of benzene rings is 1. The summed E-state index contributed by atoms with van der Waals surface area (Å²) >= 11 is 0. The Kier molecular flexibility index (Phi) is 3.84. The van der Waals surface area contributed by atoms with Gasteiger partial charge in [0.05, 0.1) is 6.10 Å². The van der Waals surface area contributed by atoms with Crippen molar-refractivity contribution in [1.29, 1.82) is 0 Å². The fourth-order valence-electron chi connectivity index (χ4n) is 1.47. The summed E-state index contributed by atoms with van der Waals surface area (Å²) in [4.78, 5) is 0. The van der Waals surface area contributed by atoms with Crippen molar-refractivity contribution in [3.05, 3.63) is 23.3 Å². The van der Waals surface area contributed by atoms with Crippen molar-refractivity contribution in [2.75, 3.05) is 13.6 Å². The molecule has 17 heavy (non-hydrogen) atoms. The van der Waals surface area contributed by atoms with Crippen LogP contribution in [0.3, 0.4) is 0 Å². The molecule has 0 fully saturated rings. The molecule has 4 N–H and O–H groups in total. The number of alkyl halides is 3. The normalized spacial score (nSPS) is 13.7. The molecule has 1 atom stereocenters. The van der Waals surface area contributed by atoms with Crippen molar-refractivity contribution in [2.24, 2.45) is 0 Å². The van der Waals surface area contributed by atoms with Crippen molar-refractivity contribution in [1.82, 2.24) is 5.32 Å². The predicted octanol–water partition coefficient (Wildman–Crippen LogP) is 1.37. The highest BCUT2D eigenvalue weighted by Crippen LogP contribution is 2.44. The van der Waals surface area contributed by atoms with Crippen LogP contribution in [-0.2, 0) is 6.18 Å². The zero-order valence-corrected chi connectivity index (χ0v) is 8.91. The van der Waals surface area contributed by atoms with E-state index >= 15 is 0 Å². The van der Waals surface area contributed by atoms with E-state index in [2.05, 4.69) is 5.32 Å². The largest absolute Gasteiger partial charge is 0.504 e. The summed E-state index contributed by atoms with van der Waals surface area (Å²) in [6.45, 7) is -0.104. The van der Waals surface area contributed by atoms with Gasteiger partial charge < -0.3 is 20.6 Å². The number of phenolic OH excluding ortho intramolecular Hbond substituents is 2. The van der Waals surface area contributed by atoms with E-state index in [-0.39, 0.29) is 6.54 Å². The molecule has 0 heterocycles. The number of hydrogen-bond donors (Lipinski definition) is 4. The van der Waals surface area contributed by atoms with E-state index in [0.717, 1.165) is 12.1 Å². The van der Waals surface area contributed by atoms with Gasteiger partial charge in [-0.15, -0.1) is 0 Å². The van der Waals surface area contributed by atoms with E-state index in [9.17, 15) is 23.4 Å². The summed E-state index contributed by atoms with van der Waals surface area (Å²) in [7, 11) is 1.47. The van der Waals surface area contributed by atoms with Crippen LogP contribution in [0.4, 0.5) is 13.2 Å². The molecule has 7 heteroatoms. The highest BCUT2D eigenvalue weighted by atomic mass is 19.4. The molecule has 1 aromatic carbocycles. The molecular formula is C10H12F3NO3. The molecule has 0 saturated carbocycles. The van der Waals surface area contributed by atoms with Gasteiger partial charge in [0, 0.05) is 6.54 Å². The van der Waals surface area contributed by atoms with Crippen LogP contribution in [0, 0.1) is 0 Å². The second-order valence-corrected chi connectivity index (χ2v) is 3.47. The van der Waals surface area contributed by atoms with Gasteiger partial charge in [0.1, 0.15) is 5.56 Å². The van der Waals surface area contributed by atoms with Gasteiger partial charge in [-0.3, -0.25) is 0 Å². The summed E-state index contributed by atoms with van der Waals surface area (Å²) in [5.41, 5.74) is -1.90. The number of rotatable bonds is 3. The first-order chi connectivity index (χ1) is 7.79. The number of phenols is 2. The minimum absolute atomic E-state index is 0.104. The van der Waals surface area contributed by atoms with E-state index in [1.807, 2.05) is 0 Å². The van der Waals surface area contributed by atoms with Crippen LogP contribution in [0.15, 0.2) is 12.1 Å². The lowest BCUT2D eigenvalue weighted by Gasteiger charge is -2.18. The quantitative estimate of drug-likeness (QED) is 0.612. The smallest absolute Gasteiger partial charge is 0.420 e. The van der Waals surface area contributed by atoms with E-state index in [0.29, 0.717) is 0 Å². The Morgan fingerprint density at radius 2 is 1.88 bits per heavy atom. The first-order valence-electron chi connectivity index (χ1n) is 4.73. The summed E-state index contributed by atoms with van der Waals surface area (Å²) < 4.78 is 38.1. The molecule has 0 aliphatic rings. The summed E-state index contributed by atoms with van der Waals surface area (Å²) in [6, 6.07) is 1.83. The Labute approximate surface area is 95.3 Å². The standard InChI is InChI=1S/C10H12F3NO3/c1-14-4-7(16)5-2-3-6(15)9(17)8(5)10(11,12)13/h2-3,7,14-17H,4H2,1H3. The molecule has 0 aliphatic heterocycles. The first-order valence-corrected chi connectivity index (χ1v) is 4.73. The molecule has 0 aliphatic carbocycles. The average molecular weight is 251 g/mol. The highest BCUT2D eigenvalue weighted by Gasteiger charge is 2.39. The molecule has 4 nitrogen and oxygen atoms in total. The third kappa shape index (κ3) is 2.80. The van der Waals surface area contributed by atoms with E-state index in [1.54, 1.807) is 0 Å². The zero-order chi connectivity index (χ0) is 13.2. The fraction of sp³-hybridized carbons (Fsp3) is 0.400. The molecule has 0 amide bonds. The maximum absolute atomic E-state index is 12.7. The van der Waals surface area contributed by atoms with Gasteiger partial charge in [0.15, 0.2) is 11.5 Å². The maximum atomic E-state index is 12.7. The minimum atomic E-state index is -4.85. The monoisotopic (exact) mass is 251 g/mol. The minimum Gasteiger partial charge on any atom is -0.504 e. The van der Waals surface area contributed by atoms with Gasteiger partial charge in [-0.2, -0.15) is 13.2 Å². The number of halogens is 3. The highest BCUT2D eigenvalue weighted by molar-refractivity contribution is 5.51. The zero-order valence-electron chi connectivity index (χ0n) is 8.91. The van der Waals surface area contributed by atoms with Crippen LogP contribution in [0.2, 0.25) is 0 Å². The molecular weight excluding hydrogens is 239 g/mol. The SMILES string of the molecule is CNCC(O)c1ccc(O)c(O)c1C(F)(F)F. The molecule has 1 unspecified atom stereocenters. The Balaban J connectivity index is 3.35. The molecule has 0 aromatic heterocycles. The Morgan fingerprint density at radius 3 is 2.35 bits per heavy atom. The molecule has 0 spiro atoms. The number of aliphatic hydroxyl groups is 1. The van der Waals surface area contributed by atoms with Gasteiger partial charge in [0.2, 0.25) is 0 Å². The van der Waals surface area contributed by atoms with Crippen LogP contribution in [-0.4, -0.2) is 28.9 Å². The number of nitrogens with one attached hydrogen (secondary N) is 1. The number of aliphatic hydroxyl groups excluding tert-OH is 1. The number of aromatic hydroxyl groups is 2. The molecule has 1 aromatic rings. The van der Waals surface area contributed by atoms with E-state index in [1.165, 1.54) is 7.05 Å². The summed E-state index contributed by atoms with van der Waals surface area (Å²) in [5.74, 6) is -2.15. The first kappa shape index (κ1) is 13.6. The number of likely N-dealkylation sites (N-methyl/N-ethyl adjacent to an activating group) is 1. The molecule has 0 bridgehead atoms. The Bertz CT molecular complexity index is 407. The van der Waals surface area contributed by atoms with E-state index < -0.39 is 34.9 Å². The van der Waals surface area contributed by atoms with Gasteiger partial charge >= 0.3 is 6.18 Å². The average Bonchev–Trinajstić information content (AvgIpc) is 2.20. The van der Waals surface area contributed by atoms with Gasteiger partial charge in [-0.25, -0.2) is 0 Å². The number of hydrogen-bond acceptors (Lipinski definition) is 4. The predicted molar refractivity (Wildman–Crippen MR) is 53.7 cm³/mol. The van der Waals surface area contributed by atoms with Gasteiger partial charge in [0.25, 0.3) is 0 Å². The lowest BCUT2D eigenvalue weighted by atomic mass is 10.00. The van der Waals surface area contributed by atoms with Crippen LogP contribution < -0.4 is 5.32 Å². The van der Waals surface area contributed by atoms with Crippen molar-refractivity contribution in [3.8, 4) is 11.5 Å². The van der Waals surface area contributed by atoms with Crippen LogP contribution in [0.1, 0.15) is 17.2 Å². The van der Waals surface area contributed by atoms with Crippen LogP contribution in [0.5, 0.6) is 11.5 Å². The fourth-order valence-corrected chi connectivity index (χ4v) is 1.47. The maximum Gasteiger partial charge on any atom is 0.420 e. The topological polar surface area (TPSA) is 72.7 Å². The molecule has 0 radical (unpaired) electrons. The van der Waals surface area contributed by atoms with Crippen molar-refractivity contribution in [2.45, 2.75) is 12.3 Å². The van der Waals surface area contributed by atoms with Crippen molar-refractivity contribution < 1.29 is 28.5 Å². The van der Waals surface area contributed by atoms with Gasteiger partial charge in [-0.1, -0.05) is 6.07 Å². The third-order valence-electron chi connectivity index (χ3n) is 2.23. The van der Waals surface area contributed by atoms with Crippen molar-refractivity contribution >= 4 is 0 Å². The Morgan fingerprint density at radius 1 is 1.29 bits per heavy atom. The summed E-state index contributed by atoms with van der Waals surface area (Å²) in [6.07, 6.45) is -6.28. The Hall–Kier alpha value is -1.47. The summed E-state index contributed by atoms with van der Waals surface area (Å²) in [5, 5.41) is 30.3. The lowest BCUT2D eigenvalue weighted by molar-refractivity contribution is -0.140. The molecule has 96 valence electrons.